The molecular weight excluding hydrogens is 262 g/mol. The predicted molar refractivity (Wildman–Crippen MR) is 86.1 cm³/mol. The molecule has 1 atom stereocenters. The van der Waals surface area contributed by atoms with Crippen molar-refractivity contribution < 1.29 is 9.47 Å². The fourth-order valence-corrected chi connectivity index (χ4v) is 2.55. The Balaban J connectivity index is 2.27. The summed E-state index contributed by atoms with van der Waals surface area (Å²) >= 11 is 0. The number of benzene rings is 2. The Morgan fingerprint density at radius 2 is 1.81 bits per heavy atom. The van der Waals surface area contributed by atoms with Gasteiger partial charge in [0.2, 0.25) is 0 Å². The van der Waals surface area contributed by atoms with Crippen LogP contribution >= 0.6 is 0 Å². The fraction of sp³-hybridized carbons (Fsp3) is 0.333. The van der Waals surface area contributed by atoms with Crippen LogP contribution in [-0.2, 0) is 6.42 Å². The van der Waals surface area contributed by atoms with Crippen LogP contribution in [0, 0.1) is 0 Å². The van der Waals surface area contributed by atoms with Crippen molar-refractivity contribution >= 4 is 0 Å². The second-order valence-corrected chi connectivity index (χ2v) is 4.93. The van der Waals surface area contributed by atoms with Gasteiger partial charge >= 0.3 is 0 Å². The van der Waals surface area contributed by atoms with Crippen LogP contribution in [0.4, 0.5) is 0 Å². The van der Waals surface area contributed by atoms with Crippen LogP contribution in [-0.4, -0.2) is 20.3 Å². The Morgan fingerprint density at radius 3 is 2.43 bits per heavy atom. The van der Waals surface area contributed by atoms with E-state index in [2.05, 4.69) is 18.2 Å². The van der Waals surface area contributed by atoms with Gasteiger partial charge in [-0.3, -0.25) is 0 Å². The molecule has 0 aromatic heterocycles. The molecule has 0 bridgehead atoms. The van der Waals surface area contributed by atoms with E-state index in [0.717, 1.165) is 23.5 Å². The monoisotopic (exact) mass is 285 g/mol. The Kier molecular flexibility index (Phi) is 5.64. The first-order valence-electron chi connectivity index (χ1n) is 7.33. The van der Waals surface area contributed by atoms with Crippen molar-refractivity contribution in [3.63, 3.8) is 0 Å². The molecule has 0 saturated heterocycles. The number of ether oxygens (including phenoxy) is 2. The molecule has 1 unspecified atom stereocenters. The predicted octanol–water partition coefficient (Wildman–Crippen LogP) is 3.38. The fourth-order valence-electron chi connectivity index (χ4n) is 2.55. The van der Waals surface area contributed by atoms with E-state index < -0.39 is 0 Å². The van der Waals surface area contributed by atoms with Gasteiger partial charge in [0.25, 0.3) is 0 Å². The van der Waals surface area contributed by atoms with Gasteiger partial charge in [0.15, 0.2) is 11.5 Å². The van der Waals surface area contributed by atoms with Crippen LogP contribution in [0.3, 0.4) is 0 Å². The zero-order valence-corrected chi connectivity index (χ0v) is 12.7. The molecule has 0 aliphatic carbocycles. The Hall–Kier alpha value is -2.00. The molecule has 0 radical (unpaired) electrons. The maximum Gasteiger partial charge on any atom is 0.163 e. The zero-order valence-electron chi connectivity index (χ0n) is 12.7. The van der Waals surface area contributed by atoms with Gasteiger partial charge in [-0.25, -0.2) is 0 Å². The molecule has 21 heavy (non-hydrogen) atoms. The summed E-state index contributed by atoms with van der Waals surface area (Å²) in [6.45, 7) is 3.20. The highest BCUT2D eigenvalue weighted by atomic mass is 16.5. The first-order chi connectivity index (χ1) is 10.3. The molecule has 0 spiro atoms. The van der Waals surface area contributed by atoms with E-state index in [4.69, 9.17) is 15.2 Å². The molecular formula is C18H23NO2. The van der Waals surface area contributed by atoms with E-state index in [1.807, 2.05) is 37.3 Å². The smallest absolute Gasteiger partial charge is 0.163 e. The molecule has 0 amide bonds. The van der Waals surface area contributed by atoms with Crippen molar-refractivity contribution in [1.82, 2.24) is 0 Å². The average molecular weight is 285 g/mol. The highest BCUT2D eigenvalue weighted by Crippen LogP contribution is 2.34. The quantitative estimate of drug-likeness (QED) is 0.848. The number of hydrogen-bond acceptors (Lipinski definition) is 3. The van der Waals surface area contributed by atoms with Gasteiger partial charge in [-0.15, -0.1) is 0 Å². The van der Waals surface area contributed by atoms with E-state index >= 15 is 0 Å². The largest absolute Gasteiger partial charge is 0.493 e. The maximum atomic E-state index is 5.97. The number of hydrogen-bond donors (Lipinski definition) is 1. The zero-order chi connectivity index (χ0) is 15.1. The number of para-hydroxylation sites is 1. The van der Waals surface area contributed by atoms with E-state index in [1.54, 1.807) is 7.11 Å². The summed E-state index contributed by atoms with van der Waals surface area (Å²) in [6, 6.07) is 16.4. The van der Waals surface area contributed by atoms with Gasteiger partial charge in [0, 0.05) is 5.92 Å². The van der Waals surface area contributed by atoms with Gasteiger partial charge in [-0.1, -0.05) is 42.5 Å². The van der Waals surface area contributed by atoms with Crippen molar-refractivity contribution in [2.24, 2.45) is 5.73 Å². The Bertz CT molecular complexity index is 554. The summed E-state index contributed by atoms with van der Waals surface area (Å²) in [5, 5.41) is 0. The molecule has 2 aromatic carbocycles. The van der Waals surface area contributed by atoms with Crippen LogP contribution in [0.25, 0.3) is 0 Å². The minimum absolute atomic E-state index is 0.275. The second-order valence-electron chi connectivity index (χ2n) is 4.93. The van der Waals surface area contributed by atoms with Crippen molar-refractivity contribution in [3.05, 3.63) is 59.7 Å². The number of nitrogens with two attached hydrogens (primary N) is 1. The first-order valence-corrected chi connectivity index (χ1v) is 7.33. The third kappa shape index (κ3) is 3.76. The van der Waals surface area contributed by atoms with Crippen LogP contribution in [0.1, 0.15) is 24.0 Å². The molecule has 2 N–H and O–H groups in total. The van der Waals surface area contributed by atoms with Gasteiger partial charge in [-0.05, 0) is 37.1 Å². The van der Waals surface area contributed by atoms with E-state index in [-0.39, 0.29) is 5.92 Å². The maximum absolute atomic E-state index is 5.97. The van der Waals surface area contributed by atoms with Gasteiger partial charge in [0.05, 0.1) is 13.7 Å². The Morgan fingerprint density at radius 1 is 1.05 bits per heavy atom. The van der Waals surface area contributed by atoms with E-state index in [9.17, 15) is 0 Å². The highest BCUT2D eigenvalue weighted by Gasteiger charge is 2.16. The minimum atomic E-state index is 0.275. The number of methoxy groups -OCH3 is 1. The minimum Gasteiger partial charge on any atom is -0.493 e. The lowest BCUT2D eigenvalue weighted by molar-refractivity contribution is 0.309. The van der Waals surface area contributed by atoms with Crippen LogP contribution < -0.4 is 15.2 Å². The van der Waals surface area contributed by atoms with Crippen molar-refractivity contribution in [3.8, 4) is 11.5 Å². The highest BCUT2D eigenvalue weighted by molar-refractivity contribution is 5.47. The molecule has 2 rings (SSSR count). The van der Waals surface area contributed by atoms with Crippen molar-refractivity contribution in [2.75, 3.05) is 20.3 Å². The first kappa shape index (κ1) is 15.4. The third-order valence-corrected chi connectivity index (χ3v) is 3.59. The summed E-state index contributed by atoms with van der Waals surface area (Å²) in [5.74, 6) is 1.88. The van der Waals surface area contributed by atoms with Crippen molar-refractivity contribution in [2.45, 2.75) is 19.3 Å². The molecule has 0 aliphatic rings. The molecule has 0 saturated carbocycles. The summed E-state index contributed by atoms with van der Waals surface area (Å²) in [4.78, 5) is 0. The molecule has 3 nitrogen and oxygen atoms in total. The lowest BCUT2D eigenvalue weighted by Crippen LogP contribution is -2.15. The summed E-state index contributed by atoms with van der Waals surface area (Å²) in [6.07, 6.45) is 0.838. The lowest BCUT2D eigenvalue weighted by atomic mass is 9.91. The van der Waals surface area contributed by atoms with Gasteiger partial charge < -0.3 is 15.2 Å². The van der Waals surface area contributed by atoms with Crippen LogP contribution in [0.2, 0.25) is 0 Å². The second kappa shape index (κ2) is 7.70. The van der Waals surface area contributed by atoms with Gasteiger partial charge in [-0.2, -0.15) is 0 Å². The molecule has 0 aliphatic heterocycles. The summed E-state index contributed by atoms with van der Waals surface area (Å²) in [5.41, 5.74) is 8.35. The average Bonchev–Trinajstić information content (AvgIpc) is 2.54. The van der Waals surface area contributed by atoms with E-state index in [0.29, 0.717) is 13.2 Å². The standard InChI is InChI=1S/C18H23NO2/c1-3-21-17-11-7-10-15(18(17)20-2)12-16(13-19)14-8-5-4-6-9-14/h4-11,16H,3,12-13,19H2,1-2H3. The van der Waals surface area contributed by atoms with Crippen LogP contribution in [0.5, 0.6) is 11.5 Å². The molecule has 0 fully saturated rings. The topological polar surface area (TPSA) is 44.5 Å². The SMILES string of the molecule is CCOc1cccc(CC(CN)c2ccccc2)c1OC. The van der Waals surface area contributed by atoms with Crippen molar-refractivity contribution in [1.29, 1.82) is 0 Å². The molecule has 0 heterocycles. The number of rotatable bonds is 7. The third-order valence-electron chi connectivity index (χ3n) is 3.59. The molecule has 2 aromatic rings. The molecule has 3 heteroatoms. The Labute approximate surface area is 126 Å². The lowest BCUT2D eigenvalue weighted by Gasteiger charge is -2.19. The summed E-state index contributed by atoms with van der Waals surface area (Å²) < 4.78 is 11.2. The molecule has 112 valence electrons. The van der Waals surface area contributed by atoms with Crippen LogP contribution in [0.15, 0.2) is 48.5 Å². The van der Waals surface area contributed by atoms with E-state index in [1.165, 1.54) is 5.56 Å². The van der Waals surface area contributed by atoms with Gasteiger partial charge in [0.1, 0.15) is 0 Å². The normalized spacial score (nSPS) is 12.0. The summed E-state index contributed by atoms with van der Waals surface area (Å²) in [7, 11) is 1.68.